The second kappa shape index (κ2) is 6.88. The van der Waals surface area contributed by atoms with Gasteiger partial charge in [0.15, 0.2) is 5.76 Å². The zero-order chi connectivity index (χ0) is 22.3. The van der Waals surface area contributed by atoms with Gasteiger partial charge in [-0.3, -0.25) is 4.79 Å². The fourth-order valence-electron chi connectivity index (χ4n) is 7.80. The standard InChI is InChI=1S/C27H33NO3S/c1-25(2)30-23-20(29)15-16-8-9-17-18-10-11-21(32-22-7-5-6-14-28-22)26(18,3)13-12-19(17)27(16,4)24(23)31-25/h5-7,14-15,17-19,21H,8-13H2,1-4H3/t17-,18-,19-,21+,26-,27-/m0/s1. The van der Waals surface area contributed by atoms with Crippen LogP contribution in [0.3, 0.4) is 0 Å². The third kappa shape index (κ3) is 2.82. The molecular formula is C27H33NO3S. The number of carbonyl (C=O) groups excluding carboxylic acids is 1. The van der Waals surface area contributed by atoms with Crippen LogP contribution in [0.2, 0.25) is 0 Å². The molecule has 0 amide bonds. The summed E-state index contributed by atoms with van der Waals surface area (Å²) >= 11 is 1.99. The van der Waals surface area contributed by atoms with E-state index >= 15 is 0 Å². The summed E-state index contributed by atoms with van der Waals surface area (Å²) in [7, 11) is 0. The van der Waals surface area contributed by atoms with Crippen LogP contribution in [-0.4, -0.2) is 21.8 Å². The summed E-state index contributed by atoms with van der Waals surface area (Å²) in [6.07, 6.45) is 10.9. The summed E-state index contributed by atoms with van der Waals surface area (Å²) in [5.74, 6) is 2.41. The van der Waals surface area contributed by atoms with E-state index in [4.69, 9.17) is 9.47 Å². The van der Waals surface area contributed by atoms with Gasteiger partial charge in [0, 0.05) is 25.3 Å². The summed E-state index contributed by atoms with van der Waals surface area (Å²) in [5, 5.41) is 1.78. The van der Waals surface area contributed by atoms with Crippen LogP contribution in [-0.2, 0) is 14.3 Å². The van der Waals surface area contributed by atoms with Crippen molar-refractivity contribution < 1.29 is 14.3 Å². The van der Waals surface area contributed by atoms with E-state index in [9.17, 15) is 4.79 Å². The summed E-state index contributed by atoms with van der Waals surface area (Å²) in [6.45, 7) is 8.70. The van der Waals surface area contributed by atoms with Gasteiger partial charge < -0.3 is 9.47 Å². The number of pyridine rings is 1. The van der Waals surface area contributed by atoms with E-state index in [1.807, 2.05) is 43.9 Å². The Morgan fingerprint density at radius 3 is 2.66 bits per heavy atom. The van der Waals surface area contributed by atoms with Gasteiger partial charge in [-0.2, -0.15) is 0 Å². The number of hydrogen-bond donors (Lipinski definition) is 0. The smallest absolute Gasteiger partial charge is 0.245 e. The number of rotatable bonds is 2. The molecule has 0 bridgehead atoms. The number of hydrogen-bond acceptors (Lipinski definition) is 5. The molecule has 2 heterocycles. The van der Waals surface area contributed by atoms with Crippen molar-refractivity contribution in [3.05, 3.63) is 47.6 Å². The third-order valence-electron chi connectivity index (χ3n) is 9.31. The molecule has 0 saturated heterocycles. The highest BCUT2D eigenvalue weighted by molar-refractivity contribution is 7.99. The predicted octanol–water partition coefficient (Wildman–Crippen LogP) is 6.29. The highest BCUT2D eigenvalue weighted by Gasteiger charge is 2.63. The van der Waals surface area contributed by atoms with Crippen molar-refractivity contribution >= 4 is 17.5 Å². The van der Waals surface area contributed by atoms with Crippen molar-refractivity contribution in [2.45, 2.75) is 82.3 Å². The first-order valence-corrected chi connectivity index (χ1v) is 13.1. The van der Waals surface area contributed by atoms with Gasteiger partial charge in [-0.05, 0) is 86.8 Å². The van der Waals surface area contributed by atoms with Gasteiger partial charge in [-0.25, -0.2) is 4.98 Å². The monoisotopic (exact) mass is 451 g/mol. The Bertz CT molecular complexity index is 1030. The average molecular weight is 452 g/mol. The van der Waals surface area contributed by atoms with Crippen LogP contribution in [0.4, 0.5) is 0 Å². The van der Waals surface area contributed by atoms with Crippen LogP contribution >= 0.6 is 11.8 Å². The molecule has 5 heteroatoms. The minimum absolute atomic E-state index is 0.00941. The number of ether oxygens (including phenoxy) is 2. The number of nitrogens with zero attached hydrogens (tertiary/aromatic N) is 1. The fourth-order valence-corrected chi connectivity index (χ4v) is 9.19. The number of ketones is 1. The SMILES string of the molecule is CC1(C)OC2=C(O1)[C@@]1(C)C(=CC2=O)CC[C@@H]2[C@@H]1CC[C@]1(C)[C@H](Sc3ccccn3)CC[C@@H]21. The maximum atomic E-state index is 12.8. The van der Waals surface area contributed by atoms with Crippen LogP contribution < -0.4 is 0 Å². The number of carbonyl (C=O) groups is 1. The molecule has 32 heavy (non-hydrogen) atoms. The summed E-state index contributed by atoms with van der Waals surface area (Å²) in [5.41, 5.74) is 1.40. The van der Waals surface area contributed by atoms with Gasteiger partial charge in [0.25, 0.3) is 0 Å². The first-order chi connectivity index (χ1) is 15.2. The molecule has 0 aromatic carbocycles. The molecule has 1 aromatic heterocycles. The number of fused-ring (bicyclic) bond motifs is 6. The van der Waals surface area contributed by atoms with E-state index in [1.165, 1.54) is 37.7 Å². The van der Waals surface area contributed by atoms with Gasteiger partial charge in [-0.1, -0.05) is 18.6 Å². The summed E-state index contributed by atoms with van der Waals surface area (Å²) < 4.78 is 12.4. The Balaban J connectivity index is 1.32. The minimum Gasteiger partial charge on any atom is -0.452 e. The Kier molecular flexibility index (Phi) is 4.48. The maximum absolute atomic E-state index is 12.8. The van der Waals surface area contributed by atoms with Gasteiger partial charge in [0.1, 0.15) is 0 Å². The summed E-state index contributed by atoms with van der Waals surface area (Å²) in [4.78, 5) is 17.4. The van der Waals surface area contributed by atoms with E-state index < -0.39 is 5.79 Å². The van der Waals surface area contributed by atoms with E-state index in [0.717, 1.165) is 23.1 Å². The first-order valence-electron chi connectivity index (χ1n) is 12.2. The van der Waals surface area contributed by atoms with E-state index in [0.29, 0.717) is 28.3 Å². The highest BCUT2D eigenvalue weighted by Crippen LogP contribution is 2.68. The maximum Gasteiger partial charge on any atom is 0.245 e. The van der Waals surface area contributed by atoms with Gasteiger partial charge in [0.05, 0.1) is 10.4 Å². The minimum atomic E-state index is -0.763. The molecule has 0 spiro atoms. The second-order valence-corrected chi connectivity index (χ2v) is 12.5. The zero-order valence-electron chi connectivity index (χ0n) is 19.5. The second-order valence-electron chi connectivity index (χ2n) is 11.3. The number of allylic oxidation sites excluding steroid dienone is 2. The lowest BCUT2D eigenvalue weighted by Crippen LogP contribution is -2.51. The van der Waals surface area contributed by atoms with Crippen molar-refractivity contribution in [1.82, 2.24) is 4.98 Å². The Labute approximate surface area is 195 Å². The van der Waals surface area contributed by atoms with Crippen LogP contribution in [0, 0.1) is 28.6 Å². The molecule has 0 radical (unpaired) electrons. The molecule has 4 aliphatic carbocycles. The lowest BCUT2D eigenvalue weighted by Gasteiger charge is -2.57. The molecular weight excluding hydrogens is 418 g/mol. The molecule has 4 nitrogen and oxygen atoms in total. The van der Waals surface area contributed by atoms with Gasteiger partial charge in [0.2, 0.25) is 17.3 Å². The van der Waals surface area contributed by atoms with Crippen LogP contribution in [0.25, 0.3) is 0 Å². The topological polar surface area (TPSA) is 48.4 Å². The largest absolute Gasteiger partial charge is 0.452 e. The fraction of sp³-hybridized carbons (Fsp3) is 0.630. The molecule has 1 aliphatic heterocycles. The van der Waals surface area contributed by atoms with Crippen molar-refractivity contribution in [3.8, 4) is 0 Å². The molecule has 3 saturated carbocycles. The Morgan fingerprint density at radius 2 is 1.88 bits per heavy atom. The zero-order valence-corrected chi connectivity index (χ0v) is 20.3. The van der Waals surface area contributed by atoms with Crippen molar-refractivity contribution in [2.24, 2.45) is 28.6 Å². The third-order valence-corrected chi connectivity index (χ3v) is 10.9. The van der Waals surface area contributed by atoms with Crippen molar-refractivity contribution in [1.29, 1.82) is 0 Å². The molecule has 6 atom stereocenters. The number of thioether (sulfide) groups is 1. The van der Waals surface area contributed by atoms with E-state index in [2.05, 4.69) is 31.0 Å². The highest BCUT2D eigenvalue weighted by atomic mass is 32.2. The molecule has 5 aliphatic rings. The molecule has 170 valence electrons. The first kappa shape index (κ1) is 20.8. The number of aromatic nitrogens is 1. The molecule has 1 aromatic rings. The average Bonchev–Trinajstić information content (AvgIpc) is 3.27. The Morgan fingerprint density at radius 1 is 1.03 bits per heavy atom. The predicted molar refractivity (Wildman–Crippen MR) is 125 cm³/mol. The van der Waals surface area contributed by atoms with Crippen LogP contribution in [0.1, 0.15) is 66.2 Å². The van der Waals surface area contributed by atoms with Crippen molar-refractivity contribution in [3.63, 3.8) is 0 Å². The normalized spacial score (nSPS) is 41.6. The lowest BCUT2D eigenvalue weighted by atomic mass is 9.48. The Hall–Kier alpha value is -1.75. The molecule has 0 unspecified atom stereocenters. The van der Waals surface area contributed by atoms with Crippen molar-refractivity contribution in [2.75, 3.05) is 0 Å². The molecule has 0 N–H and O–H groups in total. The summed E-state index contributed by atoms with van der Waals surface area (Å²) in [6, 6.07) is 6.24. The quantitative estimate of drug-likeness (QED) is 0.529. The van der Waals surface area contributed by atoms with Crippen LogP contribution in [0.15, 0.2) is 52.6 Å². The van der Waals surface area contributed by atoms with Crippen LogP contribution in [0.5, 0.6) is 0 Å². The van der Waals surface area contributed by atoms with E-state index in [-0.39, 0.29) is 11.2 Å². The molecule has 6 rings (SSSR count). The van der Waals surface area contributed by atoms with Gasteiger partial charge >= 0.3 is 0 Å². The van der Waals surface area contributed by atoms with Gasteiger partial charge in [-0.15, -0.1) is 11.8 Å². The van der Waals surface area contributed by atoms with E-state index in [1.54, 1.807) is 0 Å². The molecule has 3 fully saturated rings. The lowest BCUT2D eigenvalue weighted by molar-refractivity contribution is -0.141.